The van der Waals surface area contributed by atoms with Crippen LogP contribution in [0.25, 0.3) is 0 Å². The summed E-state index contributed by atoms with van der Waals surface area (Å²) in [4.78, 5) is 2.64. The topological polar surface area (TPSA) is 33.7 Å². The summed E-state index contributed by atoms with van der Waals surface area (Å²) in [5, 5.41) is 3.45. The number of ether oxygens (including phenoxy) is 2. The van der Waals surface area contributed by atoms with Crippen LogP contribution in [-0.2, 0) is 0 Å². The van der Waals surface area contributed by atoms with E-state index >= 15 is 0 Å². The van der Waals surface area contributed by atoms with Crippen molar-refractivity contribution in [2.45, 2.75) is 31.2 Å². The Morgan fingerprint density at radius 3 is 2.67 bits per heavy atom. The number of hydrogen-bond donors (Lipinski definition) is 1. The van der Waals surface area contributed by atoms with Gasteiger partial charge in [0.1, 0.15) is 6.61 Å². The number of likely N-dealkylation sites (tertiary alicyclic amines) is 1. The van der Waals surface area contributed by atoms with E-state index in [1.807, 2.05) is 24.3 Å². The van der Waals surface area contributed by atoms with Crippen molar-refractivity contribution in [3.05, 3.63) is 24.3 Å². The van der Waals surface area contributed by atoms with E-state index in [0.29, 0.717) is 5.54 Å². The lowest BCUT2D eigenvalue weighted by atomic mass is 9.86. The zero-order valence-corrected chi connectivity index (χ0v) is 12.9. The Kier molecular flexibility index (Phi) is 4.66. The molecule has 3 rings (SSSR count). The summed E-state index contributed by atoms with van der Waals surface area (Å²) < 4.78 is 11.3. The van der Waals surface area contributed by atoms with Gasteiger partial charge in [-0.1, -0.05) is 25.0 Å². The quantitative estimate of drug-likeness (QED) is 0.902. The highest BCUT2D eigenvalue weighted by molar-refractivity contribution is 5.39. The first-order valence-corrected chi connectivity index (χ1v) is 8.06. The van der Waals surface area contributed by atoms with Crippen molar-refractivity contribution in [1.29, 1.82) is 0 Å². The fourth-order valence-corrected chi connectivity index (χ4v) is 3.50. The van der Waals surface area contributed by atoms with E-state index in [4.69, 9.17) is 9.47 Å². The Morgan fingerprint density at radius 2 is 1.95 bits per heavy atom. The zero-order valence-electron chi connectivity index (χ0n) is 12.9. The molecule has 0 bridgehead atoms. The van der Waals surface area contributed by atoms with E-state index in [9.17, 15) is 0 Å². The lowest BCUT2D eigenvalue weighted by Crippen LogP contribution is -2.69. The van der Waals surface area contributed by atoms with Crippen LogP contribution in [0.2, 0.25) is 0 Å². The van der Waals surface area contributed by atoms with Gasteiger partial charge >= 0.3 is 0 Å². The van der Waals surface area contributed by atoms with Crippen LogP contribution in [0.5, 0.6) is 11.5 Å². The molecule has 1 N–H and O–H groups in total. The molecule has 0 aromatic heterocycles. The molecular weight excluding hydrogens is 264 g/mol. The molecule has 0 unspecified atom stereocenters. The normalized spacial score (nSPS) is 21.6. The molecule has 4 heteroatoms. The van der Waals surface area contributed by atoms with Crippen LogP contribution in [-0.4, -0.2) is 50.3 Å². The Hall–Kier alpha value is -1.26. The number of nitrogens with one attached hydrogen (secondary N) is 1. The van der Waals surface area contributed by atoms with Gasteiger partial charge in [0, 0.05) is 25.2 Å². The van der Waals surface area contributed by atoms with E-state index in [0.717, 1.165) is 37.7 Å². The van der Waals surface area contributed by atoms with Crippen LogP contribution in [0, 0.1) is 0 Å². The van der Waals surface area contributed by atoms with Gasteiger partial charge in [-0.3, -0.25) is 4.90 Å². The maximum Gasteiger partial charge on any atom is 0.161 e. The van der Waals surface area contributed by atoms with Gasteiger partial charge in [0.25, 0.3) is 0 Å². The Morgan fingerprint density at radius 1 is 1.14 bits per heavy atom. The second-order valence-corrected chi connectivity index (χ2v) is 6.12. The van der Waals surface area contributed by atoms with Crippen LogP contribution >= 0.6 is 0 Å². The summed E-state index contributed by atoms with van der Waals surface area (Å²) in [6, 6.07) is 7.87. The van der Waals surface area contributed by atoms with Crippen LogP contribution in [0.3, 0.4) is 0 Å². The second-order valence-electron chi connectivity index (χ2n) is 6.12. The van der Waals surface area contributed by atoms with Crippen molar-refractivity contribution in [1.82, 2.24) is 10.2 Å². The van der Waals surface area contributed by atoms with Crippen molar-refractivity contribution in [2.75, 3.05) is 39.9 Å². The summed E-state index contributed by atoms with van der Waals surface area (Å²) in [6.07, 6.45) is 5.38. The second kappa shape index (κ2) is 6.67. The van der Waals surface area contributed by atoms with Gasteiger partial charge in [-0.15, -0.1) is 0 Å². The first-order chi connectivity index (χ1) is 10.3. The first-order valence-electron chi connectivity index (χ1n) is 8.06. The highest BCUT2D eigenvalue weighted by Crippen LogP contribution is 2.31. The third-order valence-corrected chi connectivity index (χ3v) is 4.84. The van der Waals surface area contributed by atoms with E-state index in [2.05, 4.69) is 10.2 Å². The number of methoxy groups -OCH3 is 1. The molecule has 2 aliphatic heterocycles. The smallest absolute Gasteiger partial charge is 0.161 e. The van der Waals surface area contributed by atoms with Crippen molar-refractivity contribution >= 4 is 0 Å². The molecule has 0 aliphatic carbocycles. The maximum atomic E-state index is 5.95. The zero-order chi connectivity index (χ0) is 14.5. The third-order valence-electron chi connectivity index (χ3n) is 4.84. The molecule has 116 valence electrons. The third kappa shape index (κ3) is 3.16. The van der Waals surface area contributed by atoms with Gasteiger partial charge in [-0.05, 0) is 31.5 Å². The molecule has 2 saturated heterocycles. The molecule has 21 heavy (non-hydrogen) atoms. The summed E-state index contributed by atoms with van der Waals surface area (Å²) in [5.74, 6) is 1.66. The van der Waals surface area contributed by atoms with Gasteiger partial charge in [-0.2, -0.15) is 0 Å². The summed E-state index contributed by atoms with van der Waals surface area (Å²) in [6.45, 7) is 5.21. The van der Waals surface area contributed by atoms with E-state index in [1.54, 1.807) is 7.11 Å². The first kappa shape index (κ1) is 14.7. The van der Waals surface area contributed by atoms with E-state index in [-0.39, 0.29) is 0 Å². The summed E-state index contributed by atoms with van der Waals surface area (Å²) in [5.41, 5.74) is 0.403. The van der Waals surface area contributed by atoms with Crippen LogP contribution in [0.15, 0.2) is 24.3 Å². The molecule has 1 aromatic rings. The molecular formula is C17H26N2O2. The van der Waals surface area contributed by atoms with Gasteiger partial charge < -0.3 is 14.8 Å². The van der Waals surface area contributed by atoms with Gasteiger partial charge in [-0.25, -0.2) is 0 Å². The average Bonchev–Trinajstić information content (AvgIpc) is 2.70. The number of rotatable bonds is 5. The maximum absolute atomic E-state index is 5.95. The molecule has 0 atom stereocenters. The van der Waals surface area contributed by atoms with Gasteiger partial charge in [0.05, 0.1) is 7.11 Å². The van der Waals surface area contributed by atoms with E-state index in [1.165, 1.54) is 32.2 Å². The van der Waals surface area contributed by atoms with Crippen molar-refractivity contribution in [3.8, 4) is 11.5 Å². The molecule has 1 aromatic carbocycles. The Bertz CT molecular complexity index is 460. The Balaban J connectivity index is 1.56. The summed E-state index contributed by atoms with van der Waals surface area (Å²) in [7, 11) is 1.69. The van der Waals surface area contributed by atoms with Gasteiger partial charge in [0.2, 0.25) is 0 Å². The highest BCUT2D eigenvalue weighted by atomic mass is 16.5. The number of para-hydroxylation sites is 2. The lowest BCUT2D eigenvalue weighted by molar-refractivity contribution is 0.0277. The fraction of sp³-hybridized carbons (Fsp3) is 0.647. The largest absolute Gasteiger partial charge is 0.493 e. The lowest BCUT2D eigenvalue weighted by Gasteiger charge is -2.50. The molecule has 0 amide bonds. The summed E-state index contributed by atoms with van der Waals surface area (Å²) >= 11 is 0. The van der Waals surface area contributed by atoms with Crippen LogP contribution in [0.4, 0.5) is 0 Å². The van der Waals surface area contributed by atoms with Gasteiger partial charge in [0.15, 0.2) is 11.5 Å². The molecule has 2 aliphatic rings. The number of nitrogens with zero attached hydrogens (tertiary/aromatic N) is 1. The monoisotopic (exact) mass is 290 g/mol. The standard InChI is InChI=1S/C17H26N2O2/c1-20-15-7-3-4-8-16(15)21-12-11-19-10-6-2-5-9-17(19)13-18-14-17/h3-4,7-8,18H,2,5-6,9-14H2,1H3. The minimum atomic E-state index is 0.403. The average molecular weight is 290 g/mol. The van der Waals surface area contributed by atoms with Crippen LogP contribution < -0.4 is 14.8 Å². The predicted molar refractivity (Wildman–Crippen MR) is 84.1 cm³/mol. The van der Waals surface area contributed by atoms with Crippen molar-refractivity contribution < 1.29 is 9.47 Å². The highest BCUT2D eigenvalue weighted by Gasteiger charge is 2.42. The van der Waals surface area contributed by atoms with Crippen LogP contribution in [0.1, 0.15) is 25.7 Å². The molecule has 1 spiro atoms. The van der Waals surface area contributed by atoms with Crippen molar-refractivity contribution in [3.63, 3.8) is 0 Å². The fourth-order valence-electron chi connectivity index (χ4n) is 3.50. The molecule has 0 saturated carbocycles. The number of hydrogen-bond acceptors (Lipinski definition) is 4. The SMILES string of the molecule is COc1ccccc1OCCN1CCCCCC12CNC2. The van der Waals surface area contributed by atoms with Crippen molar-refractivity contribution in [2.24, 2.45) is 0 Å². The molecule has 2 heterocycles. The number of benzene rings is 1. The predicted octanol–water partition coefficient (Wildman–Crippen LogP) is 2.29. The molecule has 0 radical (unpaired) electrons. The minimum absolute atomic E-state index is 0.403. The molecule has 4 nitrogen and oxygen atoms in total. The van der Waals surface area contributed by atoms with E-state index < -0.39 is 0 Å². The Labute approximate surface area is 127 Å². The minimum Gasteiger partial charge on any atom is -0.493 e. The molecule has 2 fully saturated rings.